The Labute approximate surface area is 201 Å². The molecule has 1 aliphatic heterocycles. The molecule has 0 bridgehead atoms. The maximum atomic E-state index is 14.1. The van der Waals surface area contributed by atoms with Crippen LogP contribution in [-0.2, 0) is 4.74 Å². The zero-order valence-electron chi connectivity index (χ0n) is 19.1. The number of alkyl halides is 2. The first kappa shape index (κ1) is 23.6. The van der Waals surface area contributed by atoms with Gasteiger partial charge in [-0.2, -0.15) is 0 Å². The zero-order valence-corrected chi connectivity index (χ0v) is 21.2. The maximum absolute atomic E-state index is 14.1. The van der Waals surface area contributed by atoms with E-state index < -0.39 is 11.5 Å². The third-order valence-corrected chi connectivity index (χ3v) is 7.37. The highest BCUT2D eigenvalue weighted by Crippen LogP contribution is 2.51. The van der Waals surface area contributed by atoms with Crippen molar-refractivity contribution in [2.24, 2.45) is 5.92 Å². The number of anilines is 1. The number of piperazine rings is 1. The Hall–Kier alpha value is -1.52. The van der Waals surface area contributed by atoms with Crippen LogP contribution < -0.4 is 4.90 Å². The van der Waals surface area contributed by atoms with Gasteiger partial charge in [0.15, 0.2) is 0 Å². The molecule has 0 aromatic carbocycles. The van der Waals surface area contributed by atoms with Crippen LogP contribution in [0.15, 0.2) is 12.4 Å². The van der Waals surface area contributed by atoms with Gasteiger partial charge in [0, 0.05) is 48.0 Å². The van der Waals surface area contributed by atoms with Gasteiger partial charge < -0.3 is 14.5 Å². The van der Waals surface area contributed by atoms with Crippen molar-refractivity contribution in [3.05, 3.63) is 23.7 Å². The van der Waals surface area contributed by atoms with Gasteiger partial charge in [-0.3, -0.25) is 0 Å². The number of carbonyl (C=O) groups excluding carboxylic acids is 1. The largest absolute Gasteiger partial charge is 0.444 e. The predicted molar refractivity (Wildman–Crippen MR) is 128 cm³/mol. The van der Waals surface area contributed by atoms with Crippen LogP contribution in [0.1, 0.15) is 70.6 Å². The molecule has 1 saturated carbocycles. The van der Waals surface area contributed by atoms with Crippen LogP contribution in [0, 0.1) is 5.92 Å². The topological polar surface area (TPSA) is 58.6 Å². The first-order chi connectivity index (χ1) is 15.0. The van der Waals surface area contributed by atoms with E-state index >= 15 is 0 Å². The average molecular weight is 560 g/mol. The fourth-order valence-electron chi connectivity index (χ4n) is 5.05. The normalized spacial score (nSPS) is 27.7. The Morgan fingerprint density at radius 1 is 1.28 bits per heavy atom. The van der Waals surface area contributed by atoms with Crippen molar-refractivity contribution in [3.63, 3.8) is 0 Å². The van der Waals surface area contributed by atoms with Crippen LogP contribution in [0.5, 0.6) is 0 Å². The van der Waals surface area contributed by atoms with E-state index in [0.29, 0.717) is 26.1 Å². The van der Waals surface area contributed by atoms with E-state index in [1.54, 1.807) is 11.2 Å². The van der Waals surface area contributed by atoms with Gasteiger partial charge in [0.05, 0.1) is 11.3 Å². The summed E-state index contributed by atoms with van der Waals surface area (Å²) in [5, 5.41) is 0. The van der Waals surface area contributed by atoms with E-state index in [0.717, 1.165) is 27.1 Å². The molecule has 9 heteroatoms. The third-order valence-electron chi connectivity index (χ3n) is 6.47. The number of carbonyl (C=O) groups is 1. The van der Waals surface area contributed by atoms with Gasteiger partial charge in [0.1, 0.15) is 17.7 Å². The van der Waals surface area contributed by atoms with Gasteiger partial charge in [-0.05, 0) is 69.0 Å². The number of hydrogen-bond acceptors (Lipinski definition) is 5. The van der Waals surface area contributed by atoms with E-state index in [9.17, 15) is 13.6 Å². The Balaban J connectivity index is 1.54. The minimum Gasteiger partial charge on any atom is -0.444 e. The van der Waals surface area contributed by atoms with E-state index in [4.69, 9.17) is 4.74 Å². The molecule has 176 valence electrons. The summed E-state index contributed by atoms with van der Waals surface area (Å²) >= 11 is 2.28. The van der Waals surface area contributed by atoms with E-state index in [2.05, 4.69) is 50.5 Å². The minimum absolute atomic E-state index is 0.0155. The summed E-state index contributed by atoms with van der Waals surface area (Å²) in [6.45, 7) is 9.35. The molecule has 6 nitrogen and oxygen atoms in total. The summed E-state index contributed by atoms with van der Waals surface area (Å²) in [6, 6.07) is 0.0394. The lowest BCUT2D eigenvalue weighted by molar-refractivity contribution is -0.0544. The molecule has 1 aromatic heterocycles. The van der Waals surface area contributed by atoms with Gasteiger partial charge in [0.2, 0.25) is 5.92 Å². The van der Waals surface area contributed by atoms with Crippen molar-refractivity contribution in [1.29, 1.82) is 0 Å². The van der Waals surface area contributed by atoms with Crippen molar-refractivity contribution in [2.75, 3.05) is 24.5 Å². The van der Waals surface area contributed by atoms with Crippen LogP contribution >= 0.6 is 22.6 Å². The molecule has 32 heavy (non-hydrogen) atoms. The van der Waals surface area contributed by atoms with Crippen LogP contribution in [0.4, 0.5) is 19.4 Å². The molecular weight excluding hydrogens is 529 g/mol. The minimum atomic E-state index is -2.59. The van der Waals surface area contributed by atoms with E-state index in [1.807, 2.05) is 20.8 Å². The molecule has 4 rings (SSSR count). The Morgan fingerprint density at radius 3 is 2.69 bits per heavy atom. The highest BCUT2D eigenvalue weighted by Gasteiger charge is 2.43. The summed E-state index contributed by atoms with van der Waals surface area (Å²) in [5.41, 5.74) is 1.30. The number of amides is 1. The molecule has 2 aliphatic carbocycles. The summed E-state index contributed by atoms with van der Waals surface area (Å²) in [6.07, 6.45) is 4.60. The highest BCUT2D eigenvalue weighted by molar-refractivity contribution is 14.1. The quantitative estimate of drug-likeness (QED) is 0.440. The van der Waals surface area contributed by atoms with Gasteiger partial charge >= 0.3 is 6.09 Å². The lowest BCUT2D eigenvalue weighted by atomic mass is 9.77. The average Bonchev–Trinajstić information content (AvgIpc) is 3.03. The summed E-state index contributed by atoms with van der Waals surface area (Å²) in [4.78, 5) is 25.6. The van der Waals surface area contributed by atoms with Crippen LogP contribution in [-0.4, -0.2) is 58.2 Å². The van der Waals surface area contributed by atoms with Gasteiger partial charge in [-0.25, -0.2) is 23.5 Å². The zero-order chi connectivity index (χ0) is 23.3. The third kappa shape index (κ3) is 4.87. The van der Waals surface area contributed by atoms with Gasteiger partial charge in [-0.1, -0.05) is 6.08 Å². The van der Waals surface area contributed by atoms with Crippen molar-refractivity contribution in [2.45, 2.75) is 76.9 Å². The number of halogens is 3. The molecule has 3 atom stereocenters. The maximum Gasteiger partial charge on any atom is 0.410 e. The molecule has 1 aromatic rings. The first-order valence-electron chi connectivity index (χ1n) is 11.3. The van der Waals surface area contributed by atoms with Gasteiger partial charge in [0.25, 0.3) is 0 Å². The number of hydrogen-bond donors (Lipinski definition) is 0. The standard InChI is InChI=1S/C23H31F2IN4O2/c1-14-12-29(21(31)32-22(2,3)4)8-9-30(14)20-18-17(26)10-16(19(18)27-13-28-20)15-6-5-7-23(24,25)11-15/h10,13-16H,5-9,11-12H2,1-4H3/t14-,15?,16?/m0/s1. The number of rotatable bonds is 2. The summed E-state index contributed by atoms with van der Waals surface area (Å²) in [7, 11) is 0. The number of nitrogens with zero attached hydrogens (tertiary/aromatic N) is 4. The van der Waals surface area contributed by atoms with Crippen LogP contribution in [0.2, 0.25) is 0 Å². The highest BCUT2D eigenvalue weighted by atomic mass is 127. The number of aromatic nitrogens is 2. The lowest BCUT2D eigenvalue weighted by Crippen LogP contribution is -2.55. The number of fused-ring (bicyclic) bond motifs is 1. The molecule has 0 spiro atoms. The van der Waals surface area contributed by atoms with Crippen molar-refractivity contribution in [1.82, 2.24) is 14.9 Å². The molecule has 3 aliphatic rings. The summed E-state index contributed by atoms with van der Waals surface area (Å²) < 4.78 is 34.8. The van der Waals surface area contributed by atoms with Crippen LogP contribution in [0.3, 0.4) is 0 Å². The second-order valence-corrected chi connectivity index (χ2v) is 11.3. The summed E-state index contributed by atoms with van der Waals surface area (Å²) in [5.74, 6) is -1.96. The first-order valence-corrected chi connectivity index (χ1v) is 12.4. The van der Waals surface area contributed by atoms with Crippen molar-refractivity contribution >= 4 is 38.1 Å². The Morgan fingerprint density at radius 2 is 2.03 bits per heavy atom. The van der Waals surface area contributed by atoms with Crippen LogP contribution in [0.25, 0.3) is 3.58 Å². The lowest BCUT2D eigenvalue weighted by Gasteiger charge is -2.41. The molecular formula is C23H31F2IN4O2. The molecule has 0 radical (unpaired) electrons. The molecule has 2 fully saturated rings. The SMILES string of the molecule is C[C@H]1CN(C(=O)OC(C)(C)C)CCN1c1ncnc2c1C(I)=CC2C1CCCC(F)(F)C1. The van der Waals surface area contributed by atoms with Crippen molar-refractivity contribution in [3.8, 4) is 0 Å². The number of ether oxygens (including phenoxy) is 1. The molecule has 2 unspecified atom stereocenters. The number of allylic oxidation sites excluding steroid dienone is 1. The second-order valence-electron chi connectivity index (χ2n) is 10.2. The smallest absolute Gasteiger partial charge is 0.410 e. The fraction of sp³-hybridized carbons (Fsp3) is 0.696. The van der Waals surface area contributed by atoms with Gasteiger partial charge in [-0.15, -0.1) is 0 Å². The fourth-order valence-corrected chi connectivity index (χ4v) is 5.95. The Bertz CT molecular complexity index is 918. The predicted octanol–water partition coefficient (Wildman–Crippen LogP) is 5.62. The Kier molecular flexibility index (Phi) is 6.41. The van der Waals surface area contributed by atoms with E-state index in [1.165, 1.54) is 0 Å². The van der Waals surface area contributed by atoms with E-state index in [-0.39, 0.29) is 36.8 Å². The molecule has 1 saturated heterocycles. The molecule has 1 amide bonds. The van der Waals surface area contributed by atoms with Crippen molar-refractivity contribution < 1.29 is 18.3 Å². The monoisotopic (exact) mass is 560 g/mol. The second kappa shape index (κ2) is 8.68. The molecule has 0 N–H and O–H groups in total. The molecule has 2 heterocycles.